The summed E-state index contributed by atoms with van der Waals surface area (Å²) in [5.41, 5.74) is 1.91. The summed E-state index contributed by atoms with van der Waals surface area (Å²) in [6.45, 7) is 0.762. The Balaban J connectivity index is 1.57. The molecule has 3 aromatic rings. The summed E-state index contributed by atoms with van der Waals surface area (Å²) in [5, 5.41) is 1.30. The van der Waals surface area contributed by atoms with E-state index in [0.717, 1.165) is 11.1 Å². The number of hydrogen-bond acceptors (Lipinski definition) is 3. The second-order valence-electron chi connectivity index (χ2n) is 5.57. The van der Waals surface area contributed by atoms with Gasteiger partial charge in [-0.15, -0.1) is 0 Å². The fourth-order valence-electron chi connectivity index (χ4n) is 2.42. The number of imidazole rings is 1. The van der Waals surface area contributed by atoms with Crippen LogP contribution >= 0.6 is 23.2 Å². The Morgan fingerprint density at radius 2 is 1.84 bits per heavy atom. The highest BCUT2D eigenvalue weighted by atomic mass is 35.5. The van der Waals surface area contributed by atoms with E-state index >= 15 is 0 Å². The van der Waals surface area contributed by atoms with Gasteiger partial charge in [-0.25, -0.2) is 4.98 Å². The first-order valence-electron chi connectivity index (χ1n) is 7.75. The van der Waals surface area contributed by atoms with Crippen LogP contribution in [0, 0.1) is 0 Å². The van der Waals surface area contributed by atoms with Gasteiger partial charge in [-0.05, 0) is 35.4 Å². The second kappa shape index (κ2) is 8.19. The van der Waals surface area contributed by atoms with Crippen molar-refractivity contribution in [2.45, 2.75) is 19.6 Å². The van der Waals surface area contributed by atoms with Gasteiger partial charge in [-0.2, -0.15) is 0 Å². The number of aromatic nitrogens is 2. The number of carbonyl (C=O) groups excluding carboxylic acids is 1. The van der Waals surface area contributed by atoms with Gasteiger partial charge in [0, 0.05) is 29.0 Å². The zero-order valence-electron chi connectivity index (χ0n) is 13.4. The van der Waals surface area contributed by atoms with Crippen molar-refractivity contribution in [2.24, 2.45) is 0 Å². The summed E-state index contributed by atoms with van der Waals surface area (Å²) in [5.74, 6) is 0.373. The average Bonchev–Trinajstić information content (AvgIpc) is 3.02. The molecule has 0 fully saturated rings. The van der Waals surface area contributed by atoms with Crippen molar-refractivity contribution < 1.29 is 9.53 Å². The number of nitrogens with zero attached hydrogens (tertiary/aromatic N) is 2. The fraction of sp³-hybridized carbons (Fsp3) is 0.158. The summed E-state index contributed by atoms with van der Waals surface area (Å²) in [7, 11) is 0. The first-order chi connectivity index (χ1) is 12.1. The molecule has 3 rings (SSSR count). The molecule has 0 atom stereocenters. The molecule has 0 saturated heterocycles. The molecule has 1 aromatic heterocycles. The third-order valence-corrected chi connectivity index (χ3v) is 4.15. The molecule has 0 amide bonds. The third-order valence-electron chi connectivity index (χ3n) is 3.67. The van der Waals surface area contributed by atoms with E-state index in [1.807, 2.05) is 47.2 Å². The maximum absolute atomic E-state index is 12.0. The van der Waals surface area contributed by atoms with Crippen LogP contribution in [0.15, 0.2) is 60.9 Å². The zero-order valence-corrected chi connectivity index (χ0v) is 14.9. The molecule has 0 saturated carbocycles. The Hall–Kier alpha value is -2.30. The van der Waals surface area contributed by atoms with Crippen molar-refractivity contribution >= 4 is 29.2 Å². The van der Waals surface area contributed by atoms with Gasteiger partial charge in [-0.3, -0.25) is 4.79 Å². The van der Waals surface area contributed by atoms with Gasteiger partial charge in [0.15, 0.2) is 0 Å². The molecule has 0 radical (unpaired) electrons. The molecular formula is C19H16Cl2N2O2. The smallest absolute Gasteiger partial charge is 0.310 e. The third kappa shape index (κ3) is 5.08. The molecule has 4 nitrogen and oxygen atoms in total. The van der Waals surface area contributed by atoms with Gasteiger partial charge in [0.05, 0.1) is 6.42 Å². The highest BCUT2D eigenvalue weighted by molar-refractivity contribution is 6.30. The van der Waals surface area contributed by atoms with Gasteiger partial charge >= 0.3 is 5.97 Å². The second-order valence-corrected chi connectivity index (χ2v) is 6.44. The summed E-state index contributed by atoms with van der Waals surface area (Å²) < 4.78 is 7.28. The first-order valence-corrected chi connectivity index (χ1v) is 8.50. The molecule has 0 N–H and O–H groups in total. The molecule has 0 aliphatic carbocycles. The van der Waals surface area contributed by atoms with E-state index in [1.165, 1.54) is 0 Å². The maximum atomic E-state index is 12.0. The lowest BCUT2D eigenvalue weighted by atomic mass is 10.1. The van der Waals surface area contributed by atoms with E-state index in [-0.39, 0.29) is 19.0 Å². The van der Waals surface area contributed by atoms with Gasteiger partial charge < -0.3 is 9.30 Å². The Morgan fingerprint density at radius 1 is 1.04 bits per heavy atom. The van der Waals surface area contributed by atoms with E-state index in [4.69, 9.17) is 27.9 Å². The minimum Gasteiger partial charge on any atom is -0.457 e. The molecule has 128 valence electrons. The number of carbonyl (C=O) groups is 1. The molecule has 0 spiro atoms. The Labute approximate surface area is 156 Å². The largest absolute Gasteiger partial charge is 0.457 e. The molecular weight excluding hydrogens is 359 g/mol. The predicted octanol–water partition coefficient (Wildman–Crippen LogP) is 4.52. The van der Waals surface area contributed by atoms with Gasteiger partial charge in [0.25, 0.3) is 0 Å². The number of hydrogen-bond donors (Lipinski definition) is 0. The number of benzene rings is 2. The highest BCUT2D eigenvalue weighted by Gasteiger charge is 2.09. The van der Waals surface area contributed by atoms with Crippen LogP contribution in [0.3, 0.4) is 0 Å². The number of rotatable bonds is 6. The van der Waals surface area contributed by atoms with Crippen molar-refractivity contribution in [2.75, 3.05) is 0 Å². The lowest BCUT2D eigenvalue weighted by molar-refractivity contribution is -0.144. The van der Waals surface area contributed by atoms with Crippen LogP contribution < -0.4 is 0 Å². The first kappa shape index (κ1) is 17.5. The van der Waals surface area contributed by atoms with E-state index in [2.05, 4.69) is 4.98 Å². The van der Waals surface area contributed by atoms with Crippen molar-refractivity contribution in [3.63, 3.8) is 0 Å². The van der Waals surface area contributed by atoms with Crippen LogP contribution in [-0.4, -0.2) is 15.5 Å². The molecule has 0 aliphatic heterocycles. The van der Waals surface area contributed by atoms with Crippen LogP contribution in [0.4, 0.5) is 0 Å². The fourth-order valence-corrected chi connectivity index (χ4v) is 2.76. The summed E-state index contributed by atoms with van der Waals surface area (Å²) in [6.07, 6.45) is 3.73. The summed E-state index contributed by atoms with van der Waals surface area (Å²) >= 11 is 11.8. The minimum atomic E-state index is -0.316. The van der Waals surface area contributed by atoms with Crippen LogP contribution in [-0.2, 0) is 29.1 Å². The lowest BCUT2D eigenvalue weighted by Gasteiger charge is -2.09. The normalized spacial score (nSPS) is 10.6. The van der Waals surface area contributed by atoms with E-state index in [9.17, 15) is 4.79 Å². The van der Waals surface area contributed by atoms with Gasteiger partial charge in [0.1, 0.15) is 12.4 Å². The van der Waals surface area contributed by atoms with E-state index in [1.54, 1.807) is 18.3 Å². The molecule has 0 unspecified atom stereocenters. The Morgan fingerprint density at radius 3 is 2.60 bits per heavy atom. The average molecular weight is 375 g/mol. The standard InChI is InChI=1S/C19H16Cl2N2O2/c20-16-6-4-14(5-7-16)12-23-9-8-22-18(23)13-25-19(24)11-15-2-1-3-17(21)10-15/h1-10H,11-13H2. The summed E-state index contributed by atoms with van der Waals surface area (Å²) in [6, 6.07) is 14.8. The number of ether oxygens (including phenoxy) is 1. The topological polar surface area (TPSA) is 44.1 Å². The minimum absolute atomic E-state index is 0.125. The monoisotopic (exact) mass is 374 g/mol. The molecule has 25 heavy (non-hydrogen) atoms. The Kier molecular flexibility index (Phi) is 5.74. The molecule has 0 bridgehead atoms. The quantitative estimate of drug-likeness (QED) is 0.595. The van der Waals surface area contributed by atoms with Gasteiger partial charge in [0.2, 0.25) is 0 Å². The summed E-state index contributed by atoms with van der Waals surface area (Å²) in [4.78, 5) is 16.3. The van der Waals surface area contributed by atoms with E-state index < -0.39 is 0 Å². The number of esters is 1. The lowest BCUT2D eigenvalue weighted by Crippen LogP contribution is -2.12. The molecule has 0 aliphatic rings. The predicted molar refractivity (Wildman–Crippen MR) is 97.7 cm³/mol. The molecule has 6 heteroatoms. The van der Waals surface area contributed by atoms with Crippen LogP contribution in [0.2, 0.25) is 10.0 Å². The maximum Gasteiger partial charge on any atom is 0.310 e. The van der Waals surface area contributed by atoms with Crippen molar-refractivity contribution in [3.8, 4) is 0 Å². The SMILES string of the molecule is O=C(Cc1cccc(Cl)c1)OCc1nccn1Cc1ccc(Cl)cc1. The van der Waals surface area contributed by atoms with Crippen LogP contribution in [0.25, 0.3) is 0 Å². The van der Waals surface area contributed by atoms with Crippen LogP contribution in [0.5, 0.6) is 0 Å². The van der Waals surface area contributed by atoms with Crippen molar-refractivity contribution in [3.05, 3.63) is 87.9 Å². The van der Waals surface area contributed by atoms with Crippen LogP contribution in [0.1, 0.15) is 17.0 Å². The molecule has 1 heterocycles. The van der Waals surface area contributed by atoms with Gasteiger partial charge in [-0.1, -0.05) is 47.5 Å². The van der Waals surface area contributed by atoms with E-state index in [0.29, 0.717) is 22.4 Å². The van der Waals surface area contributed by atoms with Crippen molar-refractivity contribution in [1.29, 1.82) is 0 Å². The molecule has 2 aromatic carbocycles. The Bertz CT molecular complexity index is 860. The zero-order chi connectivity index (χ0) is 17.6. The highest BCUT2D eigenvalue weighted by Crippen LogP contribution is 2.13. The van der Waals surface area contributed by atoms with Crippen molar-refractivity contribution in [1.82, 2.24) is 9.55 Å². The number of halogens is 2.